The molecule has 2 heterocycles. The summed E-state index contributed by atoms with van der Waals surface area (Å²) in [5.74, 6) is 0.0936. The zero-order valence-electron chi connectivity index (χ0n) is 27.9. The summed E-state index contributed by atoms with van der Waals surface area (Å²) >= 11 is 12.8. The zero-order valence-corrected chi connectivity index (χ0v) is 29.4. The van der Waals surface area contributed by atoms with Gasteiger partial charge in [-0.2, -0.15) is 0 Å². The van der Waals surface area contributed by atoms with Crippen LogP contribution in [0.15, 0.2) is 91.0 Å². The minimum atomic E-state index is -0.297. The molecule has 4 aromatic rings. The highest BCUT2D eigenvalue weighted by Gasteiger charge is 2.46. The first-order chi connectivity index (χ1) is 23.1. The van der Waals surface area contributed by atoms with Crippen LogP contribution in [-0.4, -0.2) is 61.6 Å². The van der Waals surface area contributed by atoms with E-state index in [2.05, 4.69) is 23.1 Å². The summed E-state index contributed by atoms with van der Waals surface area (Å²) in [7, 11) is 1.88. The van der Waals surface area contributed by atoms with E-state index in [0.29, 0.717) is 28.7 Å². The average molecular weight is 685 g/mol. The van der Waals surface area contributed by atoms with Crippen molar-refractivity contribution < 1.29 is 14.3 Å². The molecule has 0 radical (unpaired) electrons. The van der Waals surface area contributed by atoms with Gasteiger partial charge in [-0.05, 0) is 99.8 Å². The van der Waals surface area contributed by atoms with E-state index in [9.17, 15) is 9.59 Å². The third-order valence-corrected chi connectivity index (χ3v) is 10.7. The van der Waals surface area contributed by atoms with Crippen molar-refractivity contribution in [3.63, 3.8) is 0 Å². The normalized spacial score (nSPS) is 16.1. The van der Waals surface area contributed by atoms with Gasteiger partial charge >= 0.3 is 6.09 Å². The summed E-state index contributed by atoms with van der Waals surface area (Å²) in [5.41, 5.74) is 7.01. The van der Waals surface area contributed by atoms with E-state index in [4.69, 9.17) is 27.9 Å². The number of nitrogens with zero attached hydrogens (tertiary/aromatic N) is 3. The maximum atomic E-state index is 13.5. The Morgan fingerprint density at radius 3 is 2.27 bits per heavy atom. The first-order valence-corrected chi connectivity index (χ1v) is 17.5. The molecule has 0 N–H and O–H groups in total. The quantitative estimate of drug-likeness (QED) is 0.177. The number of fused-ring (bicyclic) bond motifs is 2. The fourth-order valence-electron chi connectivity index (χ4n) is 7.42. The maximum Gasteiger partial charge on any atom is 0.414 e. The van der Waals surface area contributed by atoms with Crippen molar-refractivity contribution in [2.75, 3.05) is 44.7 Å². The summed E-state index contributed by atoms with van der Waals surface area (Å²) in [6, 6.07) is 29.9. The van der Waals surface area contributed by atoms with E-state index >= 15 is 0 Å². The molecule has 1 saturated heterocycles. The van der Waals surface area contributed by atoms with Crippen LogP contribution >= 0.6 is 23.2 Å². The smallest absolute Gasteiger partial charge is 0.414 e. The minimum absolute atomic E-state index is 0.0125. The Hall–Kier alpha value is -3.84. The van der Waals surface area contributed by atoms with Crippen molar-refractivity contribution in [2.24, 2.45) is 0 Å². The summed E-state index contributed by atoms with van der Waals surface area (Å²) in [5, 5.41) is 1.05. The molecule has 4 aromatic carbocycles. The molecule has 0 saturated carbocycles. The molecular formula is C40H43Cl2N3O3. The van der Waals surface area contributed by atoms with Crippen LogP contribution in [-0.2, 0) is 16.8 Å². The summed E-state index contributed by atoms with van der Waals surface area (Å²) in [6.45, 7) is 8.22. The summed E-state index contributed by atoms with van der Waals surface area (Å²) in [6.07, 6.45) is 2.48. The van der Waals surface area contributed by atoms with Gasteiger partial charge in [0, 0.05) is 37.0 Å². The number of benzene rings is 4. The standard InChI is InChI=1S/C40H43Cl2N3O3/c1-28-21-29(2)23-33(22-28)38(46)43(3)25-32(31-13-14-35(41)36(42)24-31)15-18-44-19-16-40(17-20-44)27-45(37-12-8-7-11-34(37)40)39(47)48-26-30-9-5-4-6-10-30/h4-14,21-24,32H,15-20,25-27H2,1-3H3/t32-/m1/s1. The van der Waals surface area contributed by atoms with Gasteiger partial charge in [-0.25, -0.2) is 4.79 Å². The molecule has 2 aliphatic rings. The fraction of sp³-hybridized carbons (Fsp3) is 0.350. The second kappa shape index (κ2) is 14.7. The lowest BCUT2D eigenvalue weighted by molar-refractivity contribution is 0.0780. The monoisotopic (exact) mass is 683 g/mol. The number of halogens is 2. The van der Waals surface area contributed by atoms with E-state index in [1.54, 1.807) is 0 Å². The second-order valence-electron chi connectivity index (χ2n) is 13.5. The van der Waals surface area contributed by atoms with Crippen LogP contribution in [0.4, 0.5) is 10.5 Å². The lowest BCUT2D eigenvalue weighted by Gasteiger charge is -2.40. The molecule has 0 aromatic heterocycles. The molecule has 1 fully saturated rings. The number of piperidine rings is 1. The largest absolute Gasteiger partial charge is 0.444 e. The molecule has 2 amide bonds. The molecule has 48 heavy (non-hydrogen) atoms. The Kier molecular flexibility index (Phi) is 10.4. The van der Waals surface area contributed by atoms with E-state index in [1.165, 1.54) is 5.56 Å². The van der Waals surface area contributed by atoms with Crippen LogP contribution in [0.1, 0.15) is 63.4 Å². The topological polar surface area (TPSA) is 53.1 Å². The van der Waals surface area contributed by atoms with E-state index < -0.39 is 0 Å². The number of hydrogen-bond donors (Lipinski definition) is 0. The molecule has 250 valence electrons. The fourth-order valence-corrected chi connectivity index (χ4v) is 7.73. The number of carbonyl (C=O) groups excluding carboxylic acids is 2. The van der Waals surface area contributed by atoms with Crippen molar-refractivity contribution >= 4 is 40.9 Å². The highest BCUT2D eigenvalue weighted by atomic mass is 35.5. The van der Waals surface area contributed by atoms with E-state index in [0.717, 1.165) is 66.8 Å². The number of para-hydroxylation sites is 1. The number of anilines is 1. The average Bonchev–Trinajstić information content (AvgIpc) is 3.41. The second-order valence-corrected chi connectivity index (χ2v) is 14.3. The number of amides is 2. The van der Waals surface area contributed by atoms with Gasteiger partial charge in [0.05, 0.1) is 15.7 Å². The summed E-state index contributed by atoms with van der Waals surface area (Å²) in [4.78, 5) is 33.0. The maximum absolute atomic E-state index is 13.5. The first-order valence-electron chi connectivity index (χ1n) is 16.7. The molecule has 6 nitrogen and oxygen atoms in total. The molecule has 6 rings (SSSR count). The van der Waals surface area contributed by atoms with Gasteiger partial charge in [0.2, 0.25) is 0 Å². The van der Waals surface area contributed by atoms with Gasteiger partial charge in [-0.15, -0.1) is 0 Å². The van der Waals surface area contributed by atoms with Gasteiger partial charge in [0.15, 0.2) is 0 Å². The van der Waals surface area contributed by atoms with Crippen LogP contribution in [0.2, 0.25) is 10.0 Å². The van der Waals surface area contributed by atoms with Gasteiger partial charge < -0.3 is 14.5 Å². The van der Waals surface area contributed by atoms with Crippen molar-refractivity contribution in [2.45, 2.75) is 51.0 Å². The number of ether oxygens (including phenoxy) is 1. The van der Waals surface area contributed by atoms with Gasteiger partial charge in [-0.3, -0.25) is 9.69 Å². The van der Waals surface area contributed by atoms with Crippen molar-refractivity contribution in [3.05, 3.63) is 134 Å². The molecular weight excluding hydrogens is 641 g/mol. The predicted octanol–water partition coefficient (Wildman–Crippen LogP) is 9.05. The molecule has 8 heteroatoms. The Balaban J connectivity index is 1.11. The lowest BCUT2D eigenvalue weighted by atomic mass is 9.74. The zero-order chi connectivity index (χ0) is 33.8. The molecule has 0 unspecified atom stereocenters. The molecule has 0 bridgehead atoms. The molecule has 2 aliphatic heterocycles. The Bertz CT molecular complexity index is 1750. The molecule has 1 spiro atoms. The third-order valence-electron chi connectivity index (χ3n) is 9.98. The van der Waals surface area contributed by atoms with Crippen molar-refractivity contribution in [1.82, 2.24) is 9.80 Å². The van der Waals surface area contributed by atoms with Crippen LogP contribution in [0.3, 0.4) is 0 Å². The van der Waals surface area contributed by atoms with Gasteiger partial charge in [0.25, 0.3) is 5.91 Å². The van der Waals surface area contributed by atoms with Crippen LogP contribution < -0.4 is 4.90 Å². The highest BCUT2D eigenvalue weighted by molar-refractivity contribution is 6.42. The first kappa shape index (κ1) is 34.0. The number of hydrogen-bond acceptors (Lipinski definition) is 4. The van der Waals surface area contributed by atoms with Crippen LogP contribution in [0.25, 0.3) is 0 Å². The Labute approximate surface area is 294 Å². The Morgan fingerprint density at radius 1 is 0.875 bits per heavy atom. The lowest BCUT2D eigenvalue weighted by Crippen LogP contribution is -2.46. The molecule has 0 aliphatic carbocycles. The number of rotatable bonds is 9. The van der Waals surface area contributed by atoms with E-state index in [1.807, 2.05) is 103 Å². The van der Waals surface area contributed by atoms with E-state index in [-0.39, 0.29) is 29.9 Å². The number of likely N-dealkylation sites (N-methyl/N-ethyl adjacent to an activating group) is 1. The van der Waals surface area contributed by atoms with Crippen LogP contribution in [0.5, 0.6) is 0 Å². The minimum Gasteiger partial charge on any atom is -0.444 e. The van der Waals surface area contributed by atoms with Crippen molar-refractivity contribution in [1.29, 1.82) is 0 Å². The van der Waals surface area contributed by atoms with Crippen LogP contribution in [0, 0.1) is 13.8 Å². The highest BCUT2D eigenvalue weighted by Crippen LogP contribution is 2.47. The van der Waals surface area contributed by atoms with Gasteiger partial charge in [-0.1, -0.05) is 95.0 Å². The number of aryl methyl sites for hydroxylation is 2. The summed E-state index contributed by atoms with van der Waals surface area (Å²) < 4.78 is 5.77. The number of carbonyl (C=O) groups is 2. The van der Waals surface area contributed by atoms with Gasteiger partial charge in [0.1, 0.15) is 6.61 Å². The number of likely N-dealkylation sites (tertiary alicyclic amines) is 1. The third kappa shape index (κ3) is 7.57. The predicted molar refractivity (Wildman–Crippen MR) is 194 cm³/mol. The Morgan fingerprint density at radius 2 is 1.56 bits per heavy atom. The molecule has 1 atom stereocenters. The van der Waals surface area contributed by atoms with Crippen molar-refractivity contribution in [3.8, 4) is 0 Å². The SMILES string of the molecule is Cc1cc(C)cc(C(=O)N(C)C[C@@H](CCN2CCC3(CC2)CN(C(=O)OCc2ccccc2)c2ccccc23)c2ccc(Cl)c(Cl)c2)c1.